The molecule has 1 aromatic rings. The highest BCUT2D eigenvalue weighted by Gasteiger charge is 2.03. The molecule has 1 aromatic heterocycles. The van der Waals surface area contributed by atoms with Crippen molar-refractivity contribution in [1.29, 1.82) is 0 Å². The maximum absolute atomic E-state index is 5.28. The second-order valence-electron chi connectivity index (χ2n) is 3.82. The van der Waals surface area contributed by atoms with Crippen molar-refractivity contribution in [3.05, 3.63) is 32.4 Å². The molecule has 0 aliphatic carbocycles. The summed E-state index contributed by atoms with van der Waals surface area (Å²) in [7, 11) is 0. The Labute approximate surface area is 109 Å². The molecule has 2 nitrogen and oxygen atoms in total. The third-order valence-electron chi connectivity index (χ3n) is 2.61. The average molecular weight is 302 g/mol. The van der Waals surface area contributed by atoms with Gasteiger partial charge in [-0.15, -0.1) is 11.3 Å². The molecule has 0 fully saturated rings. The van der Waals surface area contributed by atoms with E-state index in [0.717, 1.165) is 39.1 Å². The van der Waals surface area contributed by atoms with Gasteiger partial charge in [-0.2, -0.15) is 0 Å². The summed E-state index contributed by atoms with van der Waals surface area (Å²) >= 11 is 5.26. The van der Waals surface area contributed by atoms with Gasteiger partial charge in [0.25, 0.3) is 0 Å². The van der Waals surface area contributed by atoms with E-state index in [9.17, 15) is 0 Å². The van der Waals surface area contributed by atoms with Crippen molar-refractivity contribution in [2.24, 2.45) is 0 Å². The molecule has 2 rings (SSSR count). The third kappa shape index (κ3) is 4.01. The van der Waals surface area contributed by atoms with E-state index in [-0.39, 0.29) is 0 Å². The van der Waals surface area contributed by atoms with Crippen LogP contribution >= 0.6 is 27.3 Å². The van der Waals surface area contributed by atoms with Gasteiger partial charge in [-0.05, 0) is 47.4 Å². The lowest BCUT2D eigenvalue weighted by Crippen LogP contribution is -2.16. The van der Waals surface area contributed by atoms with Crippen LogP contribution in [0.3, 0.4) is 0 Å². The van der Waals surface area contributed by atoms with Crippen molar-refractivity contribution >= 4 is 27.3 Å². The molecular formula is C12H16BrNOS. The lowest BCUT2D eigenvalue weighted by atomic mass is 10.1. The van der Waals surface area contributed by atoms with Gasteiger partial charge in [0.15, 0.2) is 0 Å². The summed E-state index contributed by atoms with van der Waals surface area (Å²) in [6.45, 7) is 3.72. The molecule has 1 aliphatic heterocycles. The van der Waals surface area contributed by atoms with E-state index in [1.165, 1.54) is 14.2 Å². The second-order valence-corrected chi connectivity index (χ2v) is 6.37. The fourth-order valence-corrected chi connectivity index (χ4v) is 3.15. The number of hydrogen-bond donors (Lipinski definition) is 1. The Morgan fingerprint density at radius 1 is 1.44 bits per heavy atom. The van der Waals surface area contributed by atoms with Gasteiger partial charge in [0.2, 0.25) is 0 Å². The zero-order valence-electron chi connectivity index (χ0n) is 9.17. The van der Waals surface area contributed by atoms with E-state index in [0.29, 0.717) is 0 Å². The van der Waals surface area contributed by atoms with Crippen LogP contribution in [0.25, 0.3) is 0 Å². The first-order valence-corrected chi connectivity index (χ1v) is 7.16. The highest BCUT2D eigenvalue weighted by atomic mass is 79.9. The molecule has 0 atom stereocenters. The number of thiophene rings is 1. The molecule has 2 heterocycles. The van der Waals surface area contributed by atoms with Crippen LogP contribution in [-0.4, -0.2) is 19.8 Å². The van der Waals surface area contributed by atoms with E-state index in [1.807, 2.05) is 0 Å². The summed E-state index contributed by atoms with van der Waals surface area (Å²) in [5.41, 5.74) is 1.53. The Morgan fingerprint density at radius 3 is 3.06 bits per heavy atom. The van der Waals surface area contributed by atoms with Crippen molar-refractivity contribution in [2.45, 2.75) is 19.4 Å². The van der Waals surface area contributed by atoms with E-state index in [4.69, 9.17) is 4.74 Å². The predicted molar refractivity (Wildman–Crippen MR) is 71.9 cm³/mol. The van der Waals surface area contributed by atoms with Crippen molar-refractivity contribution in [1.82, 2.24) is 5.32 Å². The third-order valence-corrected chi connectivity index (χ3v) is 4.23. The lowest BCUT2D eigenvalue weighted by molar-refractivity contribution is 0.153. The van der Waals surface area contributed by atoms with E-state index in [2.05, 4.69) is 39.5 Å². The van der Waals surface area contributed by atoms with Crippen LogP contribution in [0.4, 0.5) is 0 Å². The molecule has 0 aromatic carbocycles. The highest BCUT2D eigenvalue weighted by Crippen LogP contribution is 2.21. The van der Waals surface area contributed by atoms with Gasteiger partial charge >= 0.3 is 0 Å². The zero-order chi connectivity index (χ0) is 11.2. The number of halogens is 1. The molecule has 16 heavy (non-hydrogen) atoms. The van der Waals surface area contributed by atoms with Gasteiger partial charge < -0.3 is 10.1 Å². The van der Waals surface area contributed by atoms with Gasteiger partial charge in [0, 0.05) is 11.4 Å². The second kappa shape index (κ2) is 6.55. The van der Waals surface area contributed by atoms with E-state index < -0.39 is 0 Å². The number of rotatable bonds is 5. The fraction of sp³-hybridized carbons (Fsp3) is 0.500. The number of nitrogens with one attached hydrogen (secondary N) is 1. The molecule has 88 valence electrons. The predicted octanol–water partition coefficient (Wildman–Crippen LogP) is 3.34. The Morgan fingerprint density at radius 2 is 2.38 bits per heavy atom. The summed E-state index contributed by atoms with van der Waals surface area (Å²) < 4.78 is 6.48. The average Bonchev–Trinajstić information content (AvgIpc) is 2.72. The van der Waals surface area contributed by atoms with Crippen LogP contribution in [0.1, 0.15) is 17.7 Å². The minimum Gasteiger partial charge on any atom is -0.377 e. The molecular weight excluding hydrogens is 286 g/mol. The molecule has 4 heteroatoms. The normalized spacial score (nSPS) is 16.2. The highest BCUT2D eigenvalue weighted by molar-refractivity contribution is 9.11. The molecule has 0 radical (unpaired) electrons. The van der Waals surface area contributed by atoms with Crippen LogP contribution in [0, 0.1) is 0 Å². The van der Waals surface area contributed by atoms with Gasteiger partial charge in [-0.3, -0.25) is 0 Å². The van der Waals surface area contributed by atoms with Gasteiger partial charge in [0.05, 0.1) is 17.0 Å². The van der Waals surface area contributed by atoms with Gasteiger partial charge in [-0.25, -0.2) is 0 Å². The van der Waals surface area contributed by atoms with E-state index >= 15 is 0 Å². The first kappa shape index (κ1) is 12.3. The van der Waals surface area contributed by atoms with Crippen molar-refractivity contribution in [2.75, 3.05) is 19.8 Å². The van der Waals surface area contributed by atoms with Crippen molar-refractivity contribution in [3.63, 3.8) is 0 Å². The smallest absolute Gasteiger partial charge is 0.0701 e. The maximum Gasteiger partial charge on any atom is 0.0701 e. The standard InChI is InChI=1S/C12H16BrNOS/c13-12-2-1-11(16-12)9-14-6-3-10-4-7-15-8-5-10/h1-2,4,14H,3,5-9H2. The van der Waals surface area contributed by atoms with Crippen molar-refractivity contribution in [3.8, 4) is 0 Å². The largest absolute Gasteiger partial charge is 0.377 e. The number of ether oxygens (including phenoxy) is 1. The minimum atomic E-state index is 0.799. The molecule has 0 amide bonds. The first-order chi connectivity index (χ1) is 7.84. The Hall–Kier alpha value is -0.160. The van der Waals surface area contributed by atoms with Crippen LogP contribution in [-0.2, 0) is 11.3 Å². The Kier molecular flexibility index (Phi) is 5.03. The topological polar surface area (TPSA) is 21.3 Å². The van der Waals surface area contributed by atoms with Crippen LogP contribution < -0.4 is 5.32 Å². The molecule has 0 saturated carbocycles. The van der Waals surface area contributed by atoms with Crippen molar-refractivity contribution < 1.29 is 4.74 Å². The summed E-state index contributed by atoms with van der Waals surface area (Å²) in [6.07, 6.45) is 4.47. The molecule has 1 aliphatic rings. The van der Waals surface area contributed by atoms with Gasteiger partial charge in [-0.1, -0.05) is 11.6 Å². The minimum absolute atomic E-state index is 0.799. The molecule has 1 N–H and O–H groups in total. The molecule has 0 spiro atoms. The monoisotopic (exact) mass is 301 g/mol. The van der Waals surface area contributed by atoms with E-state index in [1.54, 1.807) is 11.3 Å². The number of hydrogen-bond acceptors (Lipinski definition) is 3. The zero-order valence-corrected chi connectivity index (χ0v) is 11.6. The Bertz CT molecular complexity index is 362. The lowest BCUT2D eigenvalue weighted by Gasteiger charge is -2.13. The molecule has 0 unspecified atom stereocenters. The Balaban J connectivity index is 1.63. The van der Waals surface area contributed by atoms with Crippen LogP contribution in [0.2, 0.25) is 0 Å². The SMILES string of the molecule is Brc1ccc(CNCCC2=CCOCC2)s1. The summed E-state index contributed by atoms with van der Waals surface area (Å²) in [4.78, 5) is 1.38. The quantitative estimate of drug-likeness (QED) is 0.665. The van der Waals surface area contributed by atoms with Gasteiger partial charge in [0.1, 0.15) is 0 Å². The first-order valence-electron chi connectivity index (χ1n) is 5.55. The summed E-state index contributed by atoms with van der Waals surface area (Å²) in [5, 5.41) is 3.47. The molecule has 0 bridgehead atoms. The maximum atomic E-state index is 5.28. The molecule has 0 saturated heterocycles. The fourth-order valence-electron chi connectivity index (χ4n) is 1.70. The summed E-state index contributed by atoms with van der Waals surface area (Å²) in [5.74, 6) is 0. The van der Waals surface area contributed by atoms with Crippen LogP contribution in [0.5, 0.6) is 0 Å². The summed E-state index contributed by atoms with van der Waals surface area (Å²) in [6, 6.07) is 4.26. The van der Waals surface area contributed by atoms with Crippen LogP contribution in [0.15, 0.2) is 27.6 Å².